The van der Waals surface area contributed by atoms with Gasteiger partial charge in [-0.25, -0.2) is 14.8 Å². The van der Waals surface area contributed by atoms with Crippen molar-refractivity contribution in [3.63, 3.8) is 0 Å². The standard InChI is InChI=1S/C25H34ClN5O5/c1-4-22(27)31-23(20(17-30-31)19-5-6-21(26)28-16-19)29-15-18-7-9-25(10-8-18,36-14-12-34-3)24(32)35-13-11-33-2/h4-6,15-18H,7-14,27H2,1-3H3/b22-4-,29-15+/t18-,25-. The van der Waals surface area contributed by atoms with Crippen molar-refractivity contribution < 1.29 is 23.7 Å². The summed E-state index contributed by atoms with van der Waals surface area (Å²) >= 11 is 5.95. The van der Waals surface area contributed by atoms with Crippen LogP contribution in [0.5, 0.6) is 0 Å². The second kappa shape index (κ2) is 13.5. The van der Waals surface area contributed by atoms with Gasteiger partial charge in [-0.3, -0.25) is 0 Å². The minimum Gasteiger partial charge on any atom is -0.461 e. The number of aromatic nitrogens is 3. The van der Waals surface area contributed by atoms with Gasteiger partial charge in [0.05, 0.1) is 26.0 Å². The van der Waals surface area contributed by atoms with E-state index < -0.39 is 5.60 Å². The summed E-state index contributed by atoms with van der Waals surface area (Å²) in [4.78, 5) is 21.8. The van der Waals surface area contributed by atoms with Crippen LogP contribution in [0.2, 0.25) is 5.15 Å². The van der Waals surface area contributed by atoms with Crippen LogP contribution in [-0.4, -0.2) is 73.2 Å². The number of halogens is 1. The number of rotatable bonds is 12. The molecule has 3 rings (SSSR count). The van der Waals surface area contributed by atoms with Crippen molar-refractivity contribution in [2.75, 3.05) is 40.6 Å². The summed E-state index contributed by atoms with van der Waals surface area (Å²) in [5.41, 5.74) is 6.78. The molecule has 1 aliphatic carbocycles. The highest BCUT2D eigenvalue weighted by atomic mass is 35.5. The van der Waals surface area contributed by atoms with Gasteiger partial charge < -0.3 is 24.7 Å². The molecule has 0 atom stereocenters. The molecule has 0 aliphatic heterocycles. The first-order chi connectivity index (χ1) is 17.4. The summed E-state index contributed by atoms with van der Waals surface area (Å²) < 4.78 is 23.1. The predicted molar refractivity (Wildman–Crippen MR) is 138 cm³/mol. The third-order valence-corrected chi connectivity index (χ3v) is 6.35. The van der Waals surface area contributed by atoms with Crippen LogP contribution < -0.4 is 5.73 Å². The summed E-state index contributed by atoms with van der Waals surface area (Å²) in [7, 11) is 3.16. The van der Waals surface area contributed by atoms with Crippen molar-refractivity contribution in [2.24, 2.45) is 16.6 Å². The number of carbonyl (C=O) groups excluding carboxylic acids is 1. The number of ether oxygens (including phenoxy) is 4. The van der Waals surface area contributed by atoms with Gasteiger partial charge in [0.25, 0.3) is 0 Å². The van der Waals surface area contributed by atoms with E-state index in [-0.39, 0.29) is 18.5 Å². The Kier molecular flexibility index (Phi) is 10.4. The fourth-order valence-electron chi connectivity index (χ4n) is 4.02. The summed E-state index contributed by atoms with van der Waals surface area (Å²) in [6.07, 6.45) is 9.50. The van der Waals surface area contributed by atoms with Gasteiger partial charge >= 0.3 is 5.97 Å². The Morgan fingerprint density at radius 2 is 1.92 bits per heavy atom. The Morgan fingerprint density at radius 1 is 1.19 bits per heavy atom. The number of carbonyl (C=O) groups is 1. The molecule has 196 valence electrons. The minimum absolute atomic E-state index is 0.141. The molecule has 10 nitrogen and oxygen atoms in total. The average molecular weight is 520 g/mol. The lowest BCUT2D eigenvalue weighted by Crippen LogP contribution is -2.47. The fraction of sp³-hybridized carbons (Fsp3) is 0.520. The van der Waals surface area contributed by atoms with Crippen molar-refractivity contribution in [2.45, 2.75) is 38.2 Å². The van der Waals surface area contributed by atoms with E-state index in [0.717, 1.165) is 11.1 Å². The topological polar surface area (TPSA) is 123 Å². The second-order valence-electron chi connectivity index (χ2n) is 8.46. The van der Waals surface area contributed by atoms with Crippen LogP contribution in [0.15, 0.2) is 35.6 Å². The lowest BCUT2D eigenvalue weighted by atomic mass is 9.79. The van der Waals surface area contributed by atoms with Gasteiger partial charge in [-0.2, -0.15) is 9.78 Å². The van der Waals surface area contributed by atoms with Crippen molar-refractivity contribution in [1.82, 2.24) is 14.8 Å². The second-order valence-corrected chi connectivity index (χ2v) is 8.84. The minimum atomic E-state index is -0.992. The first-order valence-corrected chi connectivity index (χ1v) is 12.3. The number of nitrogens with zero attached hydrogens (tertiary/aromatic N) is 4. The number of hydrogen-bond acceptors (Lipinski definition) is 9. The van der Waals surface area contributed by atoms with Crippen LogP contribution in [0.4, 0.5) is 5.82 Å². The third-order valence-electron chi connectivity index (χ3n) is 6.13. The molecule has 1 saturated carbocycles. The van der Waals surface area contributed by atoms with Crippen LogP contribution in [0.25, 0.3) is 16.9 Å². The number of allylic oxidation sites excluding steroid dienone is 1. The summed E-state index contributed by atoms with van der Waals surface area (Å²) in [5, 5.41) is 4.82. The van der Waals surface area contributed by atoms with E-state index in [1.165, 1.54) is 0 Å². The van der Waals surface area contributed by atoms with Crippen LogP contribution >= 0.6 is 11.6 Å². The number of pyridine rings is 1. The summed E-state index contributed by atoms with van der Waals surface area (Å²) in [6.45, 7) is 3.08. The van der Waals surface area contributed by atoms with Gasteiger partial charge in [0, 0.05) is 37.8 Å². The molecule has 2 N–H and O–H groups in total. The Balaban J connectivity index is 1.77. The van der Waals surface area contributed by atoms with Crippen LogP contribution in [0.1, 0.15) is 32.6 Å². The van der Waals surface area contributed by atoms with E-state index in [1.54, 1.807) is 43.4 Å². The van der Waals surface area contributed by atoms with Crippen molar-refractivity contribution in [1.29, 1.82) is 0 Å². The smallest absolute Gasteiger partial charge is 0.338 e. The quantitative estimate of drug-likeness (QED) is 0.194. The van der Waals surface area contributed by atoms with E-state index in [0.29, 0.717) is 62.3 Å². The maximum absolute atomic E-state index is 12.9. The molecule has 2 aromatic rings. The Labute approximate surface area is 216 Å². The van der Waals surface area contributed by atoms with E-state index in [1.807, 2.05) is 19.2 Å². The van der Waals surface area contributed by atoms with Gasteiger partial charge in [0.15, 0.2) is 11.4 Å². The lowest BCUT2D eigenvalue weighted by Gasteiger charge is -2.37. The molecule has 0 amide bonds. The molecule has 2 aromatic heterocycles. The summed E-state index contributed by atoms with van der Waals surface area (Å²) in [6, 6.07) is 3.58. The molecule has 0 radical (unpaired) electrons. The highest BCUT2D eigenvalue weighted by Crippen LogP contribution is 2.37. The van der Waals surface area contributed by atoms with Crippen LogP contribution in [0.3, 0.4) is 0 Å². The normalized spacial score (nSPS) is 20.7. The Bertz CT molecular complexity index is 1050. The van der Waals surface area contributed by atoms with Gasteiger partial charge in [-0.05, 0) is 56.7 Å². The highest BCUT2D eigenvalue weighted by Gasteiger charge is 2.44. The van der Waals surface area contributed by atoms with Crippen LogP contribution in [-0.2, 0) is 23.7 Å². The molecule has 0 bridgehead atoms. The third kappa shape index (κ3) is 6.91. The number of nitrogens with two attached hydrogens (primary N) is 1. The molecule has 1 fully saturated rings. The maximum Gasteiger partial charge on any atom is 0.338 e. The lowest BCUT2D eigenvalue weighted by molar-refractivity contribution is -0.181. The number of methoxy groups -OCH3 is 2. The fourth-order valence-corrected chi connectivity index (χ4v) is 4.14. The van der Waals surface area contributed by atoms with Gasteiger partial charge in [-0.1, -0.05) is 11.6 Å². The van der Waals surface area contributed by atoms with Crippen molar-refractivity contribution in [3.8, 4) is 11.1 Å². The molecule has 0 saturated heterocycles. The predicted octanol–water partition coefficient (Wildman–Crippen LogP) is 3.86. The zero-order valence-electron chi connectivity index (χ0n) is 21.0. The van der Waals surface area contributed by atoms with E-state index in [2.05, 4.69) is 10.1 Å². The zero-order chi connectivity index (χ0) is 26.0. The zero-order valence-corrected chi connectivity index (χ0v) is 21.7. The monoisotopic (exact) mass is 519 g/mol. The molecular formula is C25H34ClN5O5. The molecule has 11 heteroatoms. The molecule has 0 unspecified atom stereocenters. The molecule has 0 aromatic carbocycles. The molecule has 0 spiro atoms. The van der Waals surface area contributed by atoms with Gasteiger partial charge in [0.1, 0.15) is 17.6 Å². The number of esters is 1. The first kappa shape index (κ1) is 27.8. The largest absolute Gasteiger partial charge is 0.461 e. The van der Waals surface area contributed by atoms with Crippen molar-refractivity contribution >= 4 is 35.4 Å². The van der Waals surface area contributed by atoms with Crippen molar-refractivity contribution in [3.05, 3.63) is 35.8 Å². The molecule has 36 heavy (non-hydrogen) atoms. The SMILES string of the molecule is C/C=C(/N)n1ncc(-c2ccc(Cl)nc2)c1/N=C/[C@H]1CC[C@@](OCCOC)(C(=O)OCCOC)CC1. The molecule has 2 heterocycles. The first-order valence-electron chi connectivity index (χ1n) is 11.9. The number of hydrogen-bond donors (Lipinski definition) is 1. The highest BCUT2D eigenvalue weighted by molar-refractivity contribution is 6.29. The average Bonchev–Trinajstić information content (AvgIpc) is 3.32. The molecular weight excluding hydrogens is 486 g/mol. The van der Waals surface area contributed by atoms with Crippen LogP contribution in [0, 0.1) is 5.92 Å². The van der Waals surface area contributed by atoms with Gasteiger partial charge in [-0.15, -0.1) is 0 Å². The Hall–Kier alpha value is -2.79. The maximum atomic E-state index is 12.9. The summed E-state index contributed by atoms with van der Waals surface area (Å²) in [5.74, 6) is 0.843. The van der Waals surface area contributed by atoms with E-state index in [4.69, 9.17) is 41.3 Å². The number of aliphatic imine (C=N–C) groups is 1. The van der Waals surface area contributed by atoms with E-state index >= 15 is 0 Å². The van der Waals surface area contributed by atoms with E-state index in [9.17, 15) is 4.79 Å². The van der Waals surface area contributed by atoms with Gasteiger partial charge in [0.2, 0.25) is 0 Å². The molecule has 1 aliphatic rings. The Morgan fingerprint density at radius 3 is 2.56 bits per heavy atom.